The molecule has 1 saturated heterocycles. The van der Waals surface area contributed by atoms with Gasteiger partial charge in [0.25, 0.3) is 0 Å². The first-order chi connectivity index (χ1) is 18.2. The molecule has 1 atom stereocenters. The molecule has 2 aliphatic rings. The number of rotatable bonds is 5. The summed E-state index contributed by atoms with van der Waals surface area (Å²) in [5.74, 6) is -0.590. The summed E-state index contributed by atoms with van der Waals surface area (Å²) in [6.07, 6.45) is 2.67. The van der Waals surface area contributed by atoms with Crippen LogP contribution in [0.3, 0.4) is 0 Å². The number of benzene rings is 1. The summed E-state index contributed by atoms with van der Waals surface area (Å²) in [6, 6.07) is 7.23. The molecule has 3 aromatic heterocycles. The average Bonchev–Trinajstić information content (AvgIpc) is 3.10. The number of nitrogens with zero attached hydrogens (tertiary/aromatic N) is 6. The highest BCUT2D eigenvalue weighted by Crippen LogP contribution is 2.49. The van der Waals surface area contributed by atoms with Crippen molar-refractivity contribution >= 4 is 22.4 Å². The van der Waals surface area contributed by atoms with Crippen LogP contribution in [-0.2, 0) is 16.8 Å². The fraction of sp³-hybridized carbons (Fsp3) is 0.296. The number of anilines is 1. The van der Waals surface area contributed by atoms with Crippen LogP contribution in [0.15, 0.2) is 61.3 Å². The highest BCUT2D eigenvalue weighted by atomic mass is 19.4. The highest BCUT2D eigenvalue weighted by Gasteiger charge is 2.59. The minimum Gasteiger partial charge on any atom is -0.304 e. The molecule has 0 bridgehead atoms. The molecule has 1 amide bonds. The summed E-state index contributed by atoms with van der Waals surface area (Å²) in [7, 11) is 0. The maximum atomic E-state index is 13.9. The normalized spacial score (nSPS) is 17.6. The minimum absolute atomic E-state index is 0.0996. The number of pyridine rings is 2. The van der Waals surface area contributed by atoms with Crippen molar-refractivity contribution < 1.29 is 22.4 Å². The van der Waals surface area contributed by atoms with Gasteiger partial charge in [-0.25, -0.2) is 4.39 Å². The van der Waals surface area contributed by atoms with Crippen LogP contribution >= 0.6 is 0 Å². The molecule has 11 heteroatoms. The monoisotopic (exact) mass is 522 g/mol. The number of aromatic nitrogens is 4. The number of amides is 1. The van der Waals surface area contributed by atoms with Crippen LogP contribution in [0.1, 0.15) is 24.6 Å². The van der Waals surface area contributed by atoms with Crippen LogP contribution in [0.4, 0.5) is 23.2 Å². The van der Waals surface area contributed by atoms with E-state index < -0.39 is 29.9 Å². The summed E-state index contributed by atoms with van der Waals surface area (Å²) < 4.78 is 52.9. The Kier molecular flexibility index (Phi) is 5.64. The Morgan fingerprint density at radius 3 is 2.61 bits per heavy atom. The molecule has 2 aliphatic heterocycles. The highest BCUT2D eigenvalue weighted by molar-refractivity contribution is 6.09. The van der Waals surface area contributed by atoms with Crippen molar-refractivity contribution in [3.05, 3.63) is 78.4 Å². The van der Waals surface area contributed by atoms with Crippen molar-refractivity contribution in [1.82, 2.24) is 25.1 Å². The lowest BCUT2D eigenvalue weighted by Crippen LogP contribution is -2.66. The van der Waals surface area contributed by atoms with E-state index in [1.165, 1.54) is 19.1 Å². The molecule has 7 nitrogen and oxygen atoms in total. The lowest BCUT2D eigenvalue weighted by molar-refractivity contribution is -0.155. The third-order valence-corrected chi connectivity index (χ3v) is 7.47. The summed E-state index contributed by atoms with van der Waals surface area (Å²) in [6.45, 7) is 2.02. The number of carbonyl (C=O) groups excluding carboxylic acids is 1. The molecule has 5 heterocycles. The molecule has 1 fully saturated rings. The zero-order valence-corrected chi connectivity index (χ0v) is 20.3. The molecule has 4 aromatic rings. The maximum Gasteiger partial charge on any atom is 0.390 e. The van der Waals surface area contributed by atoms with E-state index in [4.69, 9.17) is 0 Å². The van der Waals surface area contributed by atoms with E-state index in [-0.39, 0.29) is 25.5 Å². The van der Waals surface area contributed by atoms with E-state index in [1.807, 2.05) is 0 Å². The Bertz CT molecular complexity index is 1540. The summed E-state index contributed by atoms with van der Waals surface area (Å²) in [5.41, 5.74) is 2.41. The number of hydrogen-bond acceptors (Lipinski definition) is 6. The van der Waals surface area contributed by atoms with Crippen molar-refractivity contribution in [2.45, 2.75) is 37.5 Å². The first-order valence-corrected chi connectivity index (χ1v) is 12.1. The summed E-state index contributed by atoms with van der Waals surface area (Å²) >= 11 is 0. The predicted molar refractivity (Wildman–Crippen MR) is 132 cm³/mol. The van der Waals surface area contributed by atoms with Crippen molar-refractivity contribution in [3.63, 3.8) is 0 Å². The van der Waals surface area contributed by atoms with E-state index >= 15 is 0 Å². The van der Waals surface area contributed by atoms with E-state index in [1.54, 1.807) is 59.0 Å². The molecule has 0 N–H and O–H groups in total. The van der Waals surface area contributed by atoms with Gasteiger partial charge in [-0.05, 0) is 42.1 Å². The van der Waals surface area contributed by atoms with Gasteiger partial charge < -0.3 is 4.90 Å². The van der Waals surface area contributed by atoms with Gasteiger partial charge in [-0.3, -0.25) is 19.7 Å². The van der Waals surface area contributed by atoms with Crippen LogP contribution in [0.2, 0.25) is 0 Å². The van der Waals surface area contributed by atoms with Gasteiger partial charge in [0.2, 0.25) is 5.91 Å². The van der Waals surface area contributed by atoms with Crippen molar-refractivity contribution in [3.8, 4) is 11.1 Å². The Morgan fingerprint density at radius 2 is 1.87 bits per heavy atom. The molecule has 194 valence electrons. The number of likely N-dealkylation sites (tertiary alicyclic amines) is 1. The summed E-state index contributed by atoms with van der Waals surface area (Å²) in [4.78, 5) is 26.0. The molecular formula is C27H22F4N6O. The van der Waals surface area contributed by atoms with Gasteiger partial charge in [0.15, 0.2) is 0 Å². The largest absolute Gasteiger partial charge is 0.390 e. The van der Waals surface area contributed by atoms with E-state index in [9.17, 15) is 22.4 Å². The van der Waals surface area contributed by atoms with Crippen LogP contribution in [0, 0.1) is 5.82 Å². The number of hydrogen-bond donors (Lipinski definition) is 0. The van der Waals surface area contributed by atoms with E-state index in [0.717, 1.165) is 10.9 Å². The molecule has 0 aliphatic carbocycles. The smallest absolute Gasteiger partial charge is 0.304 e. The Labute approximate surface area is 215 Å². The second kappa shape index (κ2) is 8.80. The van der Waals surface area contributed by atoms with Gasteiger partial charge in [0.1, 0.15) is 11.2 Å². The van der Waals surface area contributed by atoms with Crippen LogP contribution in [-0.4, -0.2) is 56.3 Å². The standard InChI is InChI=1S/C27H22F4N6O/c1-16(9-27(29,30)31)36-14-26(15-36)21-5-6-32-12-23(21)37(25(26)38)13-22-24(17-4-7-34-35-11-17)20-3-2-19(28)8-18(20)10-33-22/h2-8,10-12,16H,9,13-15H2,1H3. The maximum absolute atomic E-state index is 13.9. The molecule has 6 rings (SSSR count). The van der Waals surface area contributed by atoms with Gasteiger partial charge in [0.05, 0.1) is 42.9 Å². The Morgan fingerprint density at radius 1 is 1.05 bits per heavy atom. The third kappa shape index (κ3) is 3.97. The number of halogens is 4. The molecule has 1 spiro atoms. The van der Waals surface area contributed by atoms with Gasteiger partial charge >= 0.3 is 6.18 Å². The molecule has 1 aromatic carbocycles. The lowest BCUT2D eigenvalue weighted by Gasteiger charge is -2.49. The Balaban J connectivity index is 1.38. The average molecular weight is 523 g/mol. The Hall–Kier alpha value is -3.99. The number of fused-ring (bicyclic) bond motifs is 3. The van der Waals surface area contributed by atoms with Gasteiger partial charge in [-0.15, -0.1) is 0 Å². The number of carbonyl (C=O) groups is 1. The molecule has 0 saturated carbocycles. The SMILES string of the molecule is CC(CC(F)(F)F)N1CC2(C1)C(=O)N(Cc1ncc3cc(F)ccc3c1-c1ccnnc1)c1cnccc12. The van der Waals surface area contributed by atoms with Crippen LogP contribution in [0.5, 0.6) is 0 Å². The van der Waals surface area contributed by atoms with Crippen molar-refractivity contribution in [1.29, 1.82) is 0 Å². The third-order valence-electron chi connectivity index (χ3n) is 7.47. The minimum atomic E-state index is -4.28. The lowest BCUT2D eigenvalue weighted by atomic mass is 9.74. The number of alkyl halides is 3. The second-order valence-electron chi connectivity index (χ2n) is 9.88. The zero-order valence-electron chi connectivity index (χ0n) is 20.3. The van der Waals surface area contributed by atoms with Gasteiger partial charge in [0, 0.05) is 48.0 Å². The van der Waals surface area contributed by atoms with Crippen LogP contribution < -0.4 is 4.90 Å². The first-order valence-electron chi connectivity index (χ1n) is 12.1. The van der Waals surface area contributed by atoms with Crippen LogP contribution in [0.25, 0.3) is 21.9 Å². The summed E-state index contributed by atoms with van der Waals surface area (Å²) in [5, 5.41) is 9.16. The second-order valence-corrected chi connectivity index (χ2v) is 9.88. The quantitative estimate of drug-likeness (QED) is 0.355. The van der Waals surface area contributed by atoms with Gasteiger partial charge in [-0.1, -0.05) is 6.07 Å². The van der Waals surface area contributed by atoms with E-state index in [0.29, 0.717) is 27.9 Å². The fourth-order valence-electron chi connectivity index (χ4n) is 5.64. The fourth-order valence-corrected chi connectivity index (χ4v) is 5.64. The molecule has 38 heavy (non-hydrogen) atoms. The predicted octanol–water partition coefficient (Wildman–Crippen LogP) is 4.67. The topological polar surface area (TPSA) is 75.1 Å². The molecule has 0 radical (unpaired) electrons. The molecule has 1 unspecified atom stereocenters. The van der Waals surface area contributed by atoms with Crippen molar-refractivity contribution in [2.24, 2.45) is 0 Å². The van der Waals surface area contributed by atoms with Crippen molar-refractivity contribution in [2.75, 3.05) is 18.0 Å². The van der Waals surface area contributed by atoms with E-state index in [2.05, 4.69) is 20.2 Å². The zero-order chi connectivity index (χ0) is 26.7. The first kappa shape index (κ1) is 24.4. The van der Waals surface area contributed by atoms with Gasteiger partial charge in [-0.2, -0.15) is 23.4 Å². The molecular weight excluding hydrogens is 500 g/mol.